The molecule has 3 aromatic rings. The van der Waals surface area contributed by atoms with Crippen molar-refractivity contribution in [2.24, 2.45) is 0 Å². The van der Waals surface area contributed by atoms with Crippen molar-refractivity contribution < 1.29 is 19.1 Å². The van der Waals surface area contributed by atoms with Crippen LogP contribution >= 0.6 is 0 Å². The van der Waals surface area contributed by atoms with Crippen molar-refractivity contribution in [3.05, 3.63) is 77.1 Å². The van der Waals surface area contributed by atoms with E-state index in [4.69, 9.17) is 4.74 Å². The first-order chi connectivity index (χ1) is 17.9. The van der Waals surface area contributed by atoms with Gasteiger partial charge in [-0.15, -0.1) is 0 Å². The standard InChI is InChI=1S/C28H33N5O4/c1-4-31(17-14-26(34)29-22-10-12-23(37-3)13-11-22)27(35)24-18-25-28(36)32(15-5-16-33(25)30-24)19-21-8-6-20(2)7-9-21/h6-13,18H,4-5,14-17,19H2,1-3H3,(H,29,34). The molecule has 0 bridgehead atoms. The van der Waals surface area contributed by atoms with Gasteiger partial charge in [0, 0.05) is 50.9 Å². The summed E-state index contributed by atoms with van der Waals surface area (Å²) in [4.78, 5) is 42.3. The molecule has 2 aromatic carbocycles. The number of anilines is 1. The molecule has 0 atom stereocenters. The minimum absolute atomic E-state index is 0.133. The summed E-state index contributed by atoms with van der Waals surface area (Å²) in [6.07, 6.45) is 0.894. The van der Waals surface area contributed by atoms with Gasteiger partial charge in [-0.2, -0.15) is 5.10 Å². The number of fused-ring (bicyclic) bond motifs is 1. The molecule has 0 aliphatic carbocycles. The topological polar surface area (TPSA) is 96.8 Å². The van der Waals surface area contributed by atoms with Gasteiger partial charge in [-0.1, -0.05) is 29.8 Å². The summed E-state index contributed by atoms with van der Waals surface area (Å²) in [7, 11) is 1.58. The Labute approximate surface area is 217 Å². The molecule has 194 valence electrons. The molecule has 1 aliphatic rings. The fraction of sp³-hybridized carbons (Fsp3) is 0.357. The molecule has 0 saturated carbocycles. The molecular weight excluding hydrogens is 470 g/mol. The van der Waals surface area contributed by atoms with Crippen LogP contribution in [0.5, 0.6) is 5.75 Å². The number of nitrogens with one attached hydrogen (secondary N) is 1. The lowest BCUT2D eigenvalue weighted by atomic mass is 10.1. The molecule has 1 N–H and O–H groups in total. The molecule has 2 heterocycles. The van der Waals surface area contributed by atoms with Crippen molar-refractivity contribution in [1.29, 1.82) is 0 Å². The summed E-state index contributed by atoms with van der Waals surface area (Å²) < 4.78 is 6.76. The Balaban J connectivity index is 1.39. The lowest BCUT2D eigenvalue weighted by Crippen LogP contribution is -2.34. The third-order valence-electron chi connectivity index (χ3n) is 6.45. The first kappa shape index (κ1) is 25.9. The van der Waals surface area contributed by atoms with Gasteiger partial charge in [-0.3, -0.25) is 19.1 Å². The number of carbonyl (C=O) groups excluding carboxylic acids is 3. The van der Waals surface area contributed by atoms with Crippen LogP contribution in [0.1, 0.15) is 51.9 Å². The summed E-state index contributed by atoms with van der Waals surface area (Å²) in [6, 6.07) is 16.8. The summed E-state index contributed by atoms with van der Waals surface area (Å²) in [5.41, 5.74) is 3.53. The van der Waals surface area contributed by atoms with E-state index in [1.165, 1.54) is 5.56 Å². The van der Waals surface area contributed by atoms with Crippen LogP contribution in [0.3, 0.4) is 0 Å². The van der Waals surface area contributed by atoms with Gasteiger partial charge in [0.2, 0.25) is 5.91 Å². The van der Waals surface area contributed by atoms with Gasteiger partial charge in [0.15, 0.2) is 5.69 Å². The molecule has 9 heteroatoms. The van der Waals surface area contributed by atoms with Crippen molar-refractivity contribution >= 4 is 23.4 Å². The SMILES string of the molecule is CCN(CCC(=O)Nc1ccc(OC)cc1)C(=O)c1cc2n(n1)CCCN(Cc1ccc(C)cc1)C2=O. The second-order valence-electron chi connectivity index (χ2n) is 9.12. The first-order valence-electron chi connectivity index (χ1n) is 12.5. The second-order valence-corrected chi connectivity index (χ2v) is 9.12. The van der Waals surface area contributed by atoms with E-state index in [0.29, 0.717) is 43.3 Å². The lowest BCUT2D eigenvalue weighted by Gasteiger charge is -2.20. The van der Waals surface area contributed by atoms with E-state index < -0.39 is 0 Å². The molecule has 1 aromatic heterocycles. The van der Waals surface area contributed by atoms with Gasteiger partial charge in [0.1, 0.15) is 11.4 Å². The van der Waals surface area contributed by atoms with Crippen LogP contribution in [0.15, 0.2) is 54.6 Å². The van der Waals surface area contributed by atoms with E-state index in [9.17, 15) is 14.4 Å². The number of rotatable bonds is 9. The summed E-state index contributed by atoms with van der Waals surface area (Å²) in [5.74, 6) is 0.0830. The molecule has 9 nitrogen and oxygen atoms in total. The van der Waals surface area contributed by atoms with Crippen LogP contribution in [0.4, 0.5) is 5.69 Å². The van der Waals surface area contributed by atoms with Crippen LogP contribution < -0.4 is 10.1 Å². The quantitative estimate of drug-likeness (QED) is 0.480. The van der Waals surface area contributed by atoms with Gasteiger partial charge < -0.3 is 19.9 Å². The number of carbonyl (C=O) groups is 3. The zero-order valence-corrected chi connectivity index (χ0v) is 21.6. The van der Waals surface area contributed by atoms with Crippen LogP contribution in [0, 0.1) is 6.92 Å². The number of aryl methyl sites for hydroxylation is 2. The normalized spacial score (nSPS) is 13.1. The Morgan fingerprint density at radius 3 is 2.49 bits per heavy atom. The fourth-order valence-corrected chi connectivity index (χ4v) is 4.30. The van der Waals surface area contributed by atoms with E-state index in [1.807, 2.05) is 38.1 Å². The maximum atomic E-state index is 13.3. The minimum Gasteiger partial charge on any atom is -0.497 e. The highest BCUT2D eigenvalue weighted by atomic mass is 16.5. The molecule has 0 spiro atoms. The van der Waals surface area contributed by atoms with Crippen molar-refractivity contribution in [3.8, 4) is 5.75 Å². The van der Waals surface area contributed by atoms with E-state index in [1.54, 1.807) is 51.9 Å². The Hall–Kier alpha value is -4.14. The van der Waals surface area contributed by atoms with E-state index in [0.717, 1.165) is 12.0 Å². The molecule has 0 unspecified atom stereocenters. The minimum atomic E-state index is -0.293. The van der Waals surface area contributed by atoms with Crippen molar-refractivity contribution in [2.75, 3.05) is 32.1 Å². The molecule has 37 heavy (non-hydrogen) atoms. The Morgan fingerprint density at radius 1 is 1.08 bits per heavy atom. The first-order valence-corrected chi connectivity index (χ1v) is 12.5. The third-order valence-corrected chi connectivity index (χ3v) is 6.45. The Kier molecular flexibility index (Phi) is 8.22. The summed E-state index contributed by atoms with van der Waals surface area (Å²) in [5, 5.41) is 7.29. The van der Waals surface area contributed by atoms with Gasteiger partial charge in [-0.05, 0) is 50.1 Å². The predicted molar refractivity (Wildman–Crippen MR) is 141 cm³/mol. The number of benzene rings is 2. The molecular formula is C28H33N5O4. The zero-order chi connectivity index (χ0) is 26.4. The molecule has 4 rings (SSSR count). The number of methoxy groups -OCH3 is 1. The van der Waals surface area contributed by atoms with E-state index >= 15 is 0 Å². The maximum absolute atomic E-state index is 13.3. The average Bonchev–Trinajstić information content (AvgIpc) is 3.28. The highest BCUT2D eigenvalue weighted by Gasteiger charge is 2.28. The van der Waals surface area contributed by atoms with Gasteiger partial charge >= 0.3 is 0 Å². The number of nitrogens with zero attached hydrogens (tertiary/aromatic N) is 4. The van der Waals surface area contributed by atoms with E-state index in [2.05, 4.69) is 10.4 Å². The van der Waals surface area contributed by atoms with Gasteiger partial charge in [0.05, 0.1) is 7.11 Å². The smallest absolute Gasteiger partial charge is 0.274 e. The maximum Gasteiger partial charge on any atom is 0.274 e. The summed E-state index contributed by atoms with van der Waals surface area (Å²) in [6.45, 7) is 6.26. The predicted octanol–water partition coefficient (Wildman–Crippen LogP) is 3.74. The highest BCUT2D eigenvalue weighted by molar-refractivity contribution is 5.98. The molecule has 1 aliphatic heterocycles. The third kappa shape index (κ3) is 6.35. The average molecular weight is 504 g/mol. The summed E-state index contributed by atoms with van der Waals surface area (Å²) >= 11 is 0. The van der Waals surface area contributed by atoms with Crippen molar-refractivity contribution in [3.63, 3.8) is 0 Å². The Bertz CT molecular complexity index is 1250. The number of ether oxygens (including phenoxy) is 1. The molecule has 0 radical (unpaired) electrons. The molecule has 0 saturated heterocycles. The van der Waals surface area contributed by atoms with Crippen LogP contribution in [0.25, 0.3) is 0 Å². The van der Waals surface area contributed by atoms with Crippen LogP contribution in [-0.4, -0.2) is 64.0 Å². The highest BCUT2D eigenvalue weighted by Crippen LogP contribution is 2.19. The molecule has 3 amide bonds. The monoisotopic (exact) mass is 503 g/mol. The number of hydrogen-bond donors (Lipinski definition) is 1. The van der Waals surface area contributed by atoms with Gasteiger partial charge in [0.25, 0.3) is 11.8 Å². The van der Waals surface area contributed by atoms with Crippen molar-refractivity contribution in [1.82, 2.24) is 19.6 Å². The van der Waals surface area contributed by atoms with Crippen molar-refractivity contribution in [2.45, 2.75) is 39.8 Å². The fourth-order valence-electron chi connectivity index (χ4n) is 4.30. The lowest BCUT2D eigenvalue weighted by molar-refractivity contribution is -0.116. The Morgan fingerprint density at radius 2 is 1.81 bits per heavy atom. The largest absolute Gasteiger partial charge is 0.497 e. The number of hydrogen-bond acceptors (Lipinski definition) is 5. The van der Waals surface area contributed by atoms with E-state index in [-0.39, 0.29) is 36.4 Å². The zero-order valence-electron chi connectivity index (χ0n) is 21.6. The number of amides is 3. The number of aromatic nitrogens is 2. The molecule has 0 fully saturated rings. The van der Waals surface area contributed by atoms with Crippen LogP contribution in [-0.2, 0) is 17.9 Å². The van der Waals surface area contributed by atoms with Gasteiger partial charge in [-0.25, -0.2) is 0 Å². The van der Waals surface area contributed by atoms with Crippen LogP contribution in [0.2, 0.25) is 0 Å². The second kappa shape index (κ2) is 11.7.